The van der Waals surface area contributed by atoms with E-state index in [1.807, 2.05) is 6.07 Å². The second-order valence-corrected chi connectivity index (χ2v) is 8.81. The third kappa shape index (κ3) is 5.24. The van der Waals surface area contributed by atoms with Gasteiger partial charge in [0.15, 0.2) is 0 Å². The molecule has 4 aromatic heterocycles. The van der Waals surface area contributed by atoms with Crippen LogP contribution in [0.25, 0.3) is 22.0 Å². The average Bonchev–Trinajstić information content (AvgIpc) is 3.57. The molecule has 0 radical (unpaired) electrons. The van der Waals surface area contributed by atoms with Gasteiger partial charge in [0.2, 0.25) is 0 Å². The van der Waals surface area contributed by atoms with E-state index in [0.29, 0.717) is 27.6 Å². The molecule has 0 aliphatic heterocycles. The molecule has 2 amide bonds. The predicted molar refractivity (Wildman–Crippen MR) is 128 cm³/mol. The highest BCUT2D eigenvalue weighted by Gasteiger charge is 2.26. The Labute approximate surface area is 203 Å². The Hall–Kier alpha value is -4.39. The maximum Gasteiger partial charge on any atom is 0.405 e. The van der Waals surface area contributed by atoms with Gasteiger partial charge in [0.1, 0.15) is 22.4 Å². The summed E-state index contributed by atoms with van der Waals surface area (Å²) in [6.45, 7) is 3.46. The zero-order valence-corrected chi connectivity index (χ0v) is 19.9. The van der Waals surface area contributed by atoms with Crippen molar-refractivity contribution in [3.05, 3.63) is 54.1 Å². The summed E-state index contributed by atoms with van der Waals surface area (Å²) in [5, 5.41) is 24.6. The number of aromatic nitrogens is 6. The summed E-state index contributed by atoms with van der Waals surface area (Å²) < 4.78 is 2.66. The standard InChI is InChI=1S/C22H22N8O4S/c1-12(2)17(27-22(33)34)21(32)30-9-13(8-24-30)20-26-16(11-35-20)19(31)25-15-10-29(3)28-18(15)14-6-4-5-7-23-14/h4-12,17,27H,1-3H3,(H,25,31)(H,33,34)/t17-/m0/s1. The molecule has 13 heteroatoms. The lowest BCUT2D eigenvalue weighted by Crippen LogP contribution is -2.46. The van der Waals surface area contributed by atoms with Crippen LogP contribution >= 0.6 is 11.3 Å². The molecule has 3 N–H and O–H groups in total. The van der Waals surface area contributed by atoms with Crippen molar-refractivity contribution in [3.63, 3.8) is 0 Å². The van der Waals surface area contributed by atoms with Crippen LogP contribution in [-0.4, -0.2) is 58.6 Å². The van der Waals surface area contributed by atoms with Crippen molar-refractivity contribution in [2.45, 2.75) is 19.9 Å². The molecule has 0 unspecified atom stereocenters. The molecule has 0 aromatic carbocycles. The fourth-order valence-corrected chi connectivity index (χ4v) is 4.09. The first-order valence-electron chi connectivity index (χ1n) is 10.5. The highest BCUT2D eigenvalue weighted by Crippen LogP contribution is 2.27. The normalized spacial score (nSPS) is 11.9. The van der Waals surface area contributed by atoms with Crippen LogP contribution in [0.15, 0.2) is 48.4 Å². The number of carbonyl (C=O) groups is 3. The summed E-state index contributed by atoms with van der Waals surface area (Å²) in [5.74, 6) is -1.21. The first kappa shape index (κ1) is 23.8. The number of hydrogen-bond acceptors (Lipinski definition) is 8. The van der Waals surface area contributed by atoms with Crippen LogP contribution in [0.5, 0.6) is 0 Å². The molecule has 0 fully saturated rings. The molecule has 0 bridgehead atoms. The van der Waals surface area contributed by atoms with E-state index in [4.69, 9.17) is 5.11 Å². The van der Waals surface area contributed by atoms with Crippen LogP contribution in [0.1, 0.15) is 29.1 Å². The van der Waals surface area contributed by atoms with Gasteiger partial charge in [-0.05, 0) is 18.1 Å². The monoisotopic (exact) mass is 494 g/mol. The molecule has 0 saturated carbocycles. The maximum absolute atomic E-state index is 12.9. The molecule has 4 heterocycles. The van der Waals surface area contributed by atoms with E-state index < -0.39 is 23.9 Å². The van der Waals surface area contributed by atoms with Crippen molar-refractivity contribution in [2.24, 2.45) is 13.0 Å². The number of anilines is 1. The number of aryl methyl sites for hydroxylation is 1. The summed E-state index contributed by atoms with van der Waals surface area (Å²) in [4.78, 5) is 45.3. The van der Waals surface area contributed by atoms with Crippen LogP contribution in [0.2, 0.25) is 0 Å². The van der Waals surface area contributed by atoms with Crippen LogP contribution in [0.3, 0.4) is 0 Å². The Bertz CT molecular complexity index is 1380. The number of rotatable bonds is 7. The quantitative estimate of drug-likeness (QED) is 0.354. The Kier molecular flexibility index (Phi) is 6.68. The molecule has 12 nitrogen and oxygen atoms in total. The van der Waals surface area contributed by atoms with Gasteiger partial charge in [0, 0.05) is 36.6 Å². The Morgan fingerprint density at radius 2 is 1.97 bits per heavy atom. The number of nitrogens with zero attached hydrogens (tertiary/aromatic N) is 6. The minimum Gasteiger partial charge on any atom is -0.465 e. The number of pyridine rings is 1. The average molecular weight is 495 g/mol. The molecule has 1 atom stereocenters. The van der Waals surface area contributed by atoms with Gasteiger partial charge >= 0.3 is 6.09 Å². The summed E-state index contributed by atoms with van der Waals surface area (Å²) >= 11 is 1.22. The van der Waals surface area contributed by atoms with Gasteiger partial charge in [0.25, 0.3) is 11.8 Å². The van der Waals surface area contributed by atoms with Gasteiger partial charge in [-0.25, -0.2) is 14.5 Å². The molecule has 0 saturated heterocycles. The van der Waals surface area contributed by atoms with Crippen LogP contribution in [-0.2, 0) is 7.05 Å². The van der Waals surface area contributed by atoms with Gasteiger partial charge in [-0.15, -0.1) is 11.3 Å². The van der Waals surface area contributed by atoms with Gasteiger partial charge in [-0.2, -0.15) is 10.2 Å². The molecular weight excluding hydrogens is 472 g/mol. The highest BCUT2D eigenvalue weighted by molar-refractivity contribution is 7.13. The largest absolute Gasteiger partial charge is 0.465 e. The summed E-state index contributed by atoms with van der Waals surface area (Å²) in [6.07, 6.45) is 4.94. The van der Waals surface area contributed by atoms with Gasteiger partial charge in [0.05, 0.1) is 17.6 Å². The van der Waals surface area contributed by atoms with Gasteiger partial charge in [-0.1, -0.05) is 19.9 Å². The molecule has 0 spiro atoms. The Balaban J connectivity index is 1.51. The molecule has 35 heavy (non-hydrogen) atoms. The number of amides is 2. The van der Waals surface area contributed by atoms with Crippen molar-refractivity contribution in [3.8, 4) is 22.0 Å². The Morgan fingerprint density at radius 1 is 1.17 bits per heavy atom. The van der Waals surface area contributed by atoms with E-state index in [0.717, 1.165) is 4.68 Å². The first-order chi connectivity index (χ1) is 16.7. The fourth-order valence-electron chi connectivity index (χ4n) is 3.31. The van der Waals surface area contributed by atoms with E-state index in [9.17, 15) is 14.4 Å². The number of carboxylic acid groups (broad SMARTS) is 1. The fraction of sp³-hybridized carbons (Fsp3) is 0.227. The van der Waals surface area contributed by atoms with E-state index in [1.165, 1.54) is 23.7 Å². The maximum atomic E-state index is 12.9. The third-order valence-electron chi connectivity index (χ3n) is 4.99. The number of carbonyl (C=O) groups excluding carboxylic acids is 2. The van der Waals surface area contributed by atoms with E-state index in [2.05, 4.69) is 30.8 Å². The lowest BCUT2D eigenvalue weighted by molar-refractivity contribution is 0.0809. The lowest BCUT2D eigenvalue weighted by atomic mass is 10.0. The number of thiazole rings is 1. The molecule has 4 aromatic rings. The third-order valence-corrected chi connectivity index (χ3v) is 5.88. The summed E-state index contributed by atoms with van der Waals surface area (Å²) in [5.41, 5.74) is 2.36. The van der Waals surface area contributed by atoms with Crippen LogP contribution in [0.4, 0.5) is 10.5 Å². The minimum atomic E-state index is -1.29. The second kappa shape index (κ2) is 9.85. The van der Waals surface area contributed by atoms with Gasteiger partial charge < -0.3 is 15.7 Å². The van der Waals surface area contributed by atoms with Crippen molar-refractivity contribution < 1.29 is 19.5 Å². The van der Waals surface area contributed by atoms with E-state index in [-0.39, 0.29) is 11.6 Å². The van der Waals surface area contributed by atoms with E-state index in [1.54, 1.807) is 55.5 Å². The van der Waals surface area contributed by atoms with Crippen molar-refractivity contribution in [1.82, 2.24) is 34.8 Å². The molecule has 0 aliphatic rings. The predicted octanol–water partition coefficient (Wildman–Crippen LogP) is 2.99. The summed E-state index contributed by atoms with van der Waals surface area (Å²) in [6, 6.07) is 4.48. The van der Waals surface area contributed by atoms with Crippen molar-refractivity contribution in [1.29, 1.82) is 0 Å². The SMILES string of the molecule is CC(C)[C@H](NC(=O)O)C(=O)n1cc(-c2nc(C(=O)Nc3cn(C)nc3-c3ccccn3)cs2)cn1. The Morgan fingerprint density at radius 3 is 2.66 bits per heavy atom. The number of hydrogen-bond donors (Lipinski definition) is 3. The molecule has 0 aliphatic carbocycles. The highest BCUT2D eigenvalue weighted by atomic mass is 32.1. The van der Waals surface area contributed by atoms with Crippen LogP contribution < -0.4 is 10.6 Å². The number of nitrogens with one attached hydrogen (secondary N) is 2. The first-order valence-corrected chi connectivity index (χ1v) is 11.4. The topological polar surface area (TPSA) is 157 Å². The molecule has 180 valence electrons. The smallest absolute Gasteiger partial charge is 0.405 e. The van der Waals surface area contributed by atoms with E-state index >= 15 is 0 Å². The van der Waals surface area contributed by atoms with Crippen LogP contribution in [0, 0.1) is 5.92 Å². The molecular formula is C22H22N8O4S. The molecule has 4 rings (SSSR count). The zero-order valence-electron chi connectivity index (χ0n) is 19.0. The summed E-state index contributed by atoms with van der Waals surface area (Å²) in [7, 11) is 1.75. The second-order valence-electron chi connectivity index (χ2n) is 7.96. The van der Waals surface area contributed by atoms with Gasteiger partial charge in [-0.3, -0.25) is 19.3 Å². The zero-order chi connectivity index (χ0) is 25.1. The van der Waals surface area contributed by atoms with Crippen molar-refractivity contribution >= 4 is 34.9 Å². The van der Waals surface area contributed by atoms with Crippen molar-refractivity contribution in [2.75, 3.05) is 5.32 Å². The minimum absolute atomic E-state index is 0.188. The lowest BCUT2D eigenvalue weighted by Gasteiger charge is -2.18.